The zero-order chi connectivity index (χ0) is 7.82. The van der Waals surface area contributed by atoms with E-state index in [9.17, 15) is 0 Å². The Morgan fingerprint density at radius 3 is 2.60 bits per heavy atom. The Hall–Kier alpha value is -0.820. The van der Waals surface area contributed by atoms with Gasteiger partial charge < -0.3 is 5.73 Å². The molecule has 1 heteroatoms. The van der Waals surface area contributed by atoms with E-state index in [2.05, 4.69) is 19.6 Å². The number of hydrogen-bond donors (Lipinski definition) is 1. The summed E-state index contributed by atoms with van der Waals surface area (Å²) in [5.41, 5.74) is 5.39. The van der Waals surface area contributed by atoms with Gasteiger partial charge in [-0.1, -0.05) is 43.9 Å². The van der Waals surface area contributed by atoms with Crippen molar-refractivity contribution in [1.82, 2.24) is 0 Å². The molecule has 0 rings (SSSR count). The van der Waals surface area contributed by atoms with Crippen LogP contribution in [0.1, 0.15) is 6.92 Å². The quantitative estimate of drug-likeness (QED) is 0.588. The molecular formula is C9H15N. The third-order valence-corrected chi connectivity index (χ3v) is 1.17. The van der Waals surface area contributed by atoms with Crippen LogP contribution in [-0.4, -0.2) is 6.54 Å². The Labute approximate surface area is 62.9 Å². The molecule has 0 aliphatic heterocycles. The average molecular weight is 137 g/mol. The van der Waals surface area contributed by atoms with Crippen molar-refractivity contribution in [2.45, 2.75) is 6.92 Å². The first kappa shape index (κ1) is 9.18. The van der Waals surface area contributed by atoms with Crippen LogP contribution in [0.4, 0.5) is 0 Å². The van der Waals surface area contributed by atoms with E-state index in [-0.39, 0.29) is 0 Å². The predicted molar refractivity (Wildman–Crippen MR) is 46.7 cm³/mol. The highest BCUT2D eigenvalue weighted by molar-refractivity contribution is 5.09. The topological polar surface area (TPSA) is 26.0 Å². The minimum Gasteiger partial charge on any atom is -0.330 e. The standard InChI is InChI=1S/C9H15N/c1-3-4-5-6-7-9(2)8-10/h3-7,9H,1,8,10H2,2H3/b5-4+,7-6+. The van der Waals surface area contributed by atoms with Crippen molar-refractivity contribution in [3.8, 4) is 0 Å². The van der Waals surface area contributed by atoms with Crippen molar-refractivity contribution >= 4 is 0 Å². The zero-order valence-electron chi connectivity index (χ0n) is 6.46. The van der Waals surface area contributed by atoms with Gasteiger partial charge in [0, 0.05) is 0 Å². The van der Waals surface area contributed by atoms with Gasteiger partial charge in [-0.2, -0.15) is 0 Å². The van der Waals surface area contributed by atoms with Crippen LogP contribution in [0.2, 0.25) is 0 Å². The summed E-state index contributed by atoms with van der Waals surface area (Å²) in [4.78, 5) is 0. The zero-order valence-corrected chi connectivity index (χ0v) is 6.46. The minimum absolute atomic E-state index is 0.467. The van der Waals surface area contributed by atoms with Gasteiger partial charge in [0.1, 0.15) is 0 Å². The Kier molecular flexibility index (Phi) is 5.79. The van der Waals surface area contributed by atoms with Crippen molar-refractivity contribution in [2.24, 2.45) is 11.7 Å². The predicted octanol–water partition coefficient (Wildman–Crippen LogP) is 1.88. The first-order valence-electron chi connectivity index (χ1n) is 3.47. The molecule has 0 aliphatic carbocycles. The fourth-order valence-electron chi connectivity index (χ4n) is 0.475. The number of rotatable bonds is 4. The Balaban J connectivity index is 3.54. The minimum atomic E-state index is 0.467. The van der Waals surface area contributed by atoms with Crippen molar-refractivity contribution < 1.29 is 0 Å². The van der Waals surface area contributed by atoms with Crippen LogP contribution in [0.3, 0.4) is 0 Å². The van der Waals surface area contributed by atoms with E-state index in [0.717, 1.165) is 0 Å². The maximum absolute atomic E-state index is 5.39. The normalized spacial score (nSPS) is 14.6. The Bertz CT molecular complexity index is 134. The third-order valence-electron chi connectivity index (χ3n) is 1.17. The van der Waals surface area contributed by atoms with Gasteiger partial charge in [0.2, 0.25) is 0 Å². The molecule has 0 aromatic carbocycles. The molecule has 0 fully saturated rings. The lowest BCUT2D eigenvalue weighted by Crippen LogP contribution is -2.07. The lowest BCUT2D eigenvalue weighted by molar-refractivity contribution is 0.740. The number of allylic oxidation sites excluding steroid dienone is 4. The summed E-state index contributed by atoms with van der Waals surface area (Å²) in [5, 5.41) is 0. The van der Waals surface area contributed by atoms with E-state index in [1.807, 2.05) is 18.2 Å². The molecule has 0 spiro atoms. The second-order valence-corrected chi connectivity index (χ2v) is 2.22. The van der Waals surface area contributed by atoms with Crippen molar-refractivity contribution in [1.29, 1.82) is 0 Å². The highest BCUT2D eigenvalue weighted by atomic mass is 14.5. The van der Waals surface area contributed by atoms with Gasteiger partial charge in [-0.05, 0) is 12.5 Å². The second-order valence-electron chi connectivity index (χ2n) is 2.22. The highest BCUT2D eigenvalue weighted by Crippen LogP contribution is 1.92. The van der Waals surface area contributed by atoms with Crippen LogP contribution in [0.25, 0.3) is 0 Å². The Morgan fingerprint density at radius 2 is 2.10 bits per heavy atom. The summed E-state index contributed by atoms with van der Waals surface area (Å²) in [6.07, 6.45) is 9.63. The van der Waals surface area contributed by atoms with Gasteiger partial charge in [0.05, 0.1) is 0 Å². The SMILES string of the molecule is C=C/C=C/C=C/C(C)CN. The van der Waals surface area contributed by atoms with Crippen LogP contribution >= 0.6 is 0 Å². The molecule has 10 heavy (non-hydrogen) atoms. The van der Waals surface area contributed by atoms with E-state index >= 15 is 0 Å². The van der Waals surface area contributed by atoms with E-state index in [4.69, 9.17) is 5.73 Å². The largest absolute Gasteiger partial charge is 0.330 e. The summed E-state index contributed by atoms with van der Waals surface area (Å²) in [6.45, 7) is 6.34. The van der Waals surface area contributed by atoms with Crippen LogP contribution in [-0.2, 0) is 0 Å². The Morgan fingerprint density at radius 1 is 1.40 bits per heavy atom. The molecule has 0 heterocycles. The van der Waals surface area contributed by atoms with Crippen LogP contribution in [0.15, 0.2) is 37.0 Å². The number of hydrogen-bond acceptors (Lipinski definition) is 1. The summed E-state index contributed by atoms with van der Waals surface area (Å²) < 4.78 is 0. The first-order valence-corrected chi connectivity index (χ1v) is 3.47. The molecule has 0 radical (unpaired) electrons. The van der Waals surface area contributed by atoms with Crippen molar-refractivity contribution in [3.63, 3.8) is 0 Å². The second kappa shape index (κ2) is 6.30. The molecule has 0 aliphatic rings. The smallest absolute Gasteiger partial charge is 0.00167 e. The molecule has 0 amide bonds. The highest BCUT2D eigenvalue weighted by Gasteiger charge is 1.87. The van der Waals surface area contributed by atoms with Gasteiger partial charge in [0.15, 0.2) is 0 Å². The fourth-order valence-corrected chi connectivity index (χ4v) is 0.475. The molecule has 0 saturated carbocycles. The van der Waals surface area contributed by atoms with Gasteiger partial charge in [-0.15, -0.1) is 0 Å². The van der Waals surface area contributed by atoms with Gasteiger partial charge >= 0.3 is 0 Å². The molecule has 1 atom stereocenters. The van der Waals surface area contributed by atoms with E-state index in [1.165, 1.54) is 0 Å². The van der Waals surface area contributed by atoms with Crippen LogP contribution in [0.5, 0.6) is 0 Å². The van der Waals surface area contributed by atoms with Crippen molar-refractivity contribution in [3.05, 3.63) is 37.0 Å². The summed E-state index contributed by atoms with van der Waals surface area (Å²) in [7, 11) is 0. The molecule has 0 aromatic heterocycles. The summed E-state index contributed by atoms with van der Waals surface area (Å²) in [5.74, 6) is 0.467. The molecule has 2 N–H and O–H groups in total. The number of nitrogens with two attached hydrogens (primary N) is 1. The van der Waals surface area contributed by atoms with Gasteiger partial charge in [-0.25, -0.2) is 0 Å². The molecule has 1 nitrogen and oxygen atoms in total. The molecule has 0 aromatic rings. The molecule has 0 bridgehead atoms. The maximum atomic E-state index is 5.39. The van der Waals surface area contributed by atoms with Crippen molar-refractivity contribution in [2.75, 3.05) is 6.54 Å². The molecule has 0 saturated heterocycles. The lowest BCUT2D eigenvalue weighted by atomic mass is 10.2. The molecular weight excluding hydrogens is 122 g/mol. The first-order chi connectivity index (χ1) is 4.81. The fraction of sp³-hybridized carbons (Fsp3) is 0.333. The van der Waals surface area contributed by atoms with Crippen LogP contribution in [0, 0.1) is 5.92 Å². The summed E-state index contributed by atoms with van der Waals surface area (Å²) in [6, 6.07) is 0. The third kappa shape index (κ3) is 5.32. The molecule has 56 valence electrons. The average Bonchev–Trinajstić information content (AvgIpc) is 1.98. The lowest BCUT2D eigenvalue weighted by Gasteiger charge is -1.96. The van der Waals surface area contributed by atoms with Crippen LogP contribution < -0.4 is 5.73 Å². The van der Waals surface area contributed by atoms with E-state index in [0.29, 0.717) is 12.5 Å². The summed E-state index contributed by atoms with van der Waals surface area (Å²) >= 11 is 0. The van der Waals surface area contributed by atoms with E-state index < -0.39 is 0 Å². The molecule has 1 unspecified atom stereocenters. The van der Waals surface area contributed by atoms with Gasteiger partial charge in [0.25, 0.3) is 0 Å². The van der Waals surface area contributed by atoms with E-state index in [1.54, 1.807) is 6.08 Å². The monoisotopic (exact) mass is 137 g/mol. The maximum Gasteiger partial charge on any atom is -0.00167 e. The van der Waals surface area contributed by atoms with Gasteiger partial charge in [-0.3, -0.25) is 0 Å².